The van der Waals surface area contributed by atoms with Gasteiger partial charge in [0, 0.05) is 12.6 Å². The van der Waals surface area contributed by atoms with Crippen LogP contribution in [0.3, 0.4) is 0 Å². The van der Waals surface area contributed by atoms with E-state index < -0.39 is 6.10 Å². The van der Waals surface area contributed by atoms with Gasteiger partial charge in [0.2, 0.25) is 0 Å². The van der Waals surface area contributed by atoms with Crippen molar-refractivity contribution in [3.8, 4) is 5.75 Å². The van der Waals surface area contributed by atoms with E-state index in [1.807, 2.05) is 38.1 Å². The summed E-state index contributed by atoms with van der Waals surface area (Å²) in [6, 6.07) is 7.76. The quantitative estimate of drug-likeness (QED) is 0.649. The van der Waals surface area contributed by atoms with E-state index in [0.29, 0.717) is 6.54 Å². The van der Waals surface area contributed by atoms with Gasteiger partial charge in [-0.05, 0) is 25.0 Å². The summed E-state index contributed by atoms with van der Waals surface area (Å²) in [5.41, 5.74) is 1.06. The average Bonchev–Trinajstić information content (AvgIpc) is 2.39. The smallest absolute Gasteiger partial charge is 0.122 e. The lowest BCUT2D eigenvalue weighted by atomic mass is 10.2. The van der Waals surface area contributed by atoms with Crippen LogP contribution >= 0.6 is 0 Å². The largest absolute Gasteiger partial charge is 0.491 e. The predicted molar refractivity (Wildman–Crippen MR) is 71.8 cm³/mol. The van der Waals surface area contributed by atoms with Crippen LogP contribution in [0.25, 0.3) is 0 Å². The number of benzene rings is 1. The number of para-hydroxylation sites is 1. The lowest BCUT2D eigenvalue weighted by Gasteiger charge is -2.18. The molecule has 0 unspecified atom stereocenters. The summed E-state index contributed by atoms with van der Waals surface area (Å²) in [5, 5.41) is 21.9. The first kappa shape index (κ1) is 15.0. The molecule has 0 aliphatic heterocycles. The molecule has 0 aliphatic carbocycles. The Morgan fingerprint density at radius 3 is 2.67 bits per heavy atom. The summed E-state index contributed by atoms with van der Waals surface area (Å²) in [5.74, 6) is 0.797. The van der Waals surface area contributed by atoms with Crippen molar-refractivity contribution in [3.05, 3.63) is 29.8 Å². The first-order valence-corrected chi connectivity index (χ1v) is 6.38. The topological polar surface area (TPSA) is 61.7 Å². The molecule has 0 aromatic heterocycles. The van der Waals surface area contributed by atoms with Crippen LogP contribution in [0, 0.1) is 6.92 Å². The van der Waals surface area contributed by atoms with Crippen LogP contribution in [0.15, 0.2) is 24.3 Å². The van der Waals surface area contributed by atoms with Crippen LogP contribution in [0.4, 0.5) is 0 Å². The first-order chi connectivity index (χ1) is 8.67. The minimum absolute atomic E-state index is 0.0399. The highest BCUT2D eigenvalue weighted by atomic mass is 16.5. The standard InChI is InChI=1S/C14H23NO3/c1-3-12(9-16)15-8-13(17)10-18-14-7-5-4-6-11(14)2/h4-7,12-13,15-17H,3,8-10H2,1-2H3/t12-,13-/m1/s1. The van der Waals surface area contributed by atoms with Gasteiger partial charge in [-0.2, -0.15) is 0 Å². The monoisotopic (exact) mass is 253 g/mol. The van der Waals surface area contributed by atoms with Gasteiger partial charge in [-0.1, -0.05) is 25.1 Å². The van der Waals surface area contributed by atoms with Crippen molar-refractivity contribution < 1.29 is 14.9 Å². The molecule has 0 bridgehead atoms. The number of aliphatic hydroxyl groups is 2. The summed E-state index contributed by atoms with van der Waals surface area (Å²) >= 11 is 0. The third kappa shape index (κ3) is 5.04. The fourth-order valence-corrected chi connectivity index (χ4v) is 1.60. The second-order valence-corrected chi connectivity index (χ2v) is 4.43. The molecule has 102 valence electrons. The number of hydrogen-bond acceptors (Lipinski definition) is 4. The maximum Gasteiger partial charge on any atom is 0.122 e. The maximum absolute atomic E-state index is 9.77. The molecule has 0 heterocycles. The Labute approximate surface area is 109 Å². The van der Waals surface area contributed by atoms with Gasteiger partial charge in [-0.25, -0.2) is 0 Å². The van der Waals surface area contributed by atoms with Gasteiger partial charge in [0.15, 0.2) is 0 Å². The Morgan fingerprint density at radius 1 is 1.33 bits per heavy atom. The Hall–Kier alpha value is -1.10. The van der Waals surface area contributed by atoms with E-state index >= 15 is 0 Å². The Morgan fingerprint density at radius 2 is 2.06 bits per heavy atom. The van der Waals surface area contributed by atoms with Gasteiger partial charge < -0.3 is 20.3 Å². The minimum atomic E-state index is -0.579. The zero-order valence-corrected chi connectivity index (χ0v) is 11.1. The van der Waals surface area contributed by atoms with Crippen LogP contribution in [-0.2, 0) is 0 Å². The molecule has 1 aromatic rings. The highest BCUT2D eigenvalue weighted by molar-refractivity contribution is 5.31. The number of nitrogens with one attached hydrogen (secondary N) is 1. The van der Waals surface area contributed by atoms with Gasteiger partial charge >= 0.3 is 0 Å². The number of rotatable bonds is 8. The average molecular weight is 253 g/mol. The molecule has 0 aliphatic rings. The van der Waals surface area contributed by atoms with Gasteiger partial charge in [-0.3, -0.25) is 0 Å². The zero-order chi connectivity index (χ0) is 13.4. The van der Waals surface area contributed by atoms with E-state index in [2.05, 4.69) is 5.32 Å². The van der Waals surface area contributed by atoms with Crippen LogP contribution in [-0.4, -0.2) is 42.1 Å². The van der Waals surface area contributed by atoms with E-state index in [4.69, 9.17) is 9.84 Å². The number of hydrogen-bond donors (Lipinski definition) is 3. The molecule has 3 N–H and O–H groups in total. The van der Waals surface area contributed by atoms with Gasteiger partial charge in [0.25, 0.3) is 0 Å². The summed E-state index contributed by atoms with van der Waals surface area (Å²) in [6.07, 6.45) is 0.257. The molecule has 0 saturated heterocycles. The van der Waals surface area contributed by atoms with Gasteiger partial charge in [0.1, 0.15) is 18.5 Å². The molecule has 4 heteroatoms. The summed E-state index contributed by atoms with van der Waals surface area (Å²) in [7, 11) is 0. The summed E-state index contributed by atoms with van der Waals surface area (Å²) < 4.78 is 5.55. The molecule has 18 heavy (non-hydrogen) atoms. The number of aryl methyl sites for hydroxylation is 1. The fourth-order valence-electron chi connectivity index (χ4n) is 1.60. The molecule has 2 atom stereocenters. The second kappa shape index (κ2) is 8.08. The van der Waals surface area contributed by atoms with E-state index in [-0.39, 0.29) is 19.3 Å². The summed E-state index contributed by atoms with van der Waals surface area (Å²) in [6.45, 7) is 4.72. The van der Waals surface area contributed by atoms with Gasteiger partial charge in [-0.15, -0.1) is 0 Å². The van der Waals surface area contributed by atoms with Crippen molar-refractivity contribution in [1.29, 1.82) is 0 Å². The number of ether oxygens (including phenoxy) is 1. The van der Waals surface area contributed by atoms with Crippen LogP contribution in [0.1, 0.15) is 18.9 Å². The molecule has 4 nitrogen and oxygen atoms in total. The first-order valence-electron chi connectivity index (χ1n) is 6.38. The molecular weight excluding hydrogens is 230 g/mol. The second-order valence-electron chi connectivity index (χ2n) is 4.43. The van der Waals surface area contributed by atoms with Crippen LogP contribution < -0.4 is 10.1 Å². The highest BCUT2D eigenvalue weighted by Crippen LogP contribution is 2.16. The third-order valence-electron chi connectivity index (χ3n) is 2.88. The lowest BCUT2D eigenvalue weighted by Crippen LogP contribution is -2.39. The molecule has 1 rings (SSSR count). The SMILES string of the molecule is CC[C@H](CO)NC[C@@H](O)COc1ccccc1C. The molecule has 0 radical (unpaired) electrons. The highest BCUT2D eigenvalue weighted by Gasteiger charge is 2.09. The minimum Gasteiger partial charge on any atom is -0.491 e. The Bertz CT molecular complexity index is 340. The molecule has 0 amide bonds. The molecule has 0 spiro atoms. The maximum atomic E-state index is 9.77. The number of aliphatic hydroxyl groups excluding tert-OH is 2. The van der Waals surface area contributed by atoms with Crippen molar-refractivity contribution in [2.24, 2.45) is 0 Å². The lowest BCUT2D eigenvalue weighted by molar-refractivity contribution is 0.0991. The predicted octanol–water partition coefficient (Wildman–Crippen LogP) is 1.10. The molecule has 0 saturated carbocycles. The van der Waals surface area contributed by atoms with E-state index in [1.165, 1.54) is 0 Å². The molecular formula is C14H23NO3. The van der Waals surface area contributed by atoms with Gasteiger partial charge in [0.05, 0.1) is 6.61 Å². The van der Waals surface area contributed by atoms with E-state index in [0.717, 1.165) is 17.7 Å². The Balaban J connectivity index is 2.29. The Kier molecular flexibility index (Phi) is 6.72. The zero-order valence-electron chi connectivity index (χ0n) is 11.1. The fraction of sp³-hybridized carbons (Fsp3) is 0.571. The third-order valence-corrected chi connectivity index (χ3v) is 2.88. The van der Waals surface area contributed by atoms with Crippen LogP contribution in [0.2, 0.25) is 0 Å². The van der Waals surface area contributed by atoms with Crippen LogP contribution in [0.5, 0.6) is 5.75 Å². The van der Waals surface area contributed by atoms with Crippen molar-refractivity contribution in [1.82, 2.24) is 5.32 Å². The molecule has 0 fully saturated rings. The van der Waals surface area contributed by atoms with E-state index in [1.54, 1.807) is 0 Å². The van der Waals surface area contributed by atoms with Crippen molar-refractivity contribution >= 4 is 0 Å². The van der Waals surface area contributed by atoms with Crippen molar-refractivity contribution in [2.75, 3.05) is 19.8 Å². The normalized spacial score (nSPS) is 14.2. The molecule has 1 aromatic carbocycles. The van der Waals surface area contributed by atoms with E-state index in [9.17, 15) is 5.11 Å². The van der Waals surface area contributed by atoms with Crippen molar-refractivity contribution in [2.45, 2.75) is 32.4 Å². The summed E-state index contributed by atoms with van der Waals surface area (Å²) in [4.78, 5) is 0. The van der Waals surface area contributed by atoms with Crippen molar-refractivity contribution in [3.63, 3.8) is 0 Å².